The normalized spacial score (nSPS) is 13.2. The fourth-order valence-electron chi connectivity index (χ4n) is 2.01. The number of carbonyl (C=O) groups excluding carboxylic acids is 2. The first-order valence-electron chi connectivity index (χ1n) is 6.73. The van der Waals surface area contributed by atoms with Gasteiger partial charge in [-0.1, -0.05) is 13.8 Å². The van der Waals surface area contributed by atoms with Crippen LogP contribution in [0.15, 0.2) is 0 Å². The van der Waals surface area contributed by atoms with E-state index in [1.165, 1.54) is 0 Å². The third-order valence-electron chi connectivity index (χ3n) is 3.28. The summed E-state index contributed by atoms with van der Waals surface area (Å²) < 4.78 is 15.4. The van der Waals surface area contributed by atoms with Crippen LogP contribution in [0.5, 0.6) is 0 Å². The Balaban J connectivity index is 5.46. The van der Waals surface area contributed by atoms with Crippen LogP contribution in [-0.4, -0.2) is 38.4 Å². The Hall–Kier alpha value is -1.10. The van der Waals surface area contributed by atoms with E-state index >= 15 is 0 Å². The van der Waals surface area contributed by atoms with Crippen molar-refractivity contribution in [2.24, 2.45) is 11.3 Å². The molecule has 0 aliphatic carbocycles. The van der Waals surface area contributed by atoms with Crippen molar-refractivity contribution >= 4 is 11.9 Å². The first kappa shape index (κ1) is 17.9. The fourth-order valence-corrected chi connectivity index (χ4v) is 2.01. The maximum Gasteiger partial charge on any atom is 0.323 e. The molecule has 0 saturated heterocycles. The summed E-state index contributed by atoms with van der Waals surface area (Å²) in [5.41, 5.74) is -1.30. The van der Waals surface area contributed by atoms with Gasteiger partial charge in [-0.25, -0.2) is 0 Å². The van der Waals surface area contributed by atoms with Crippen molar-refractivity contribution in [2.45, 2.75) is 47.1 Å². The van der Waals surface area contributed by atoms with Crippen molar-refractivity contribution in [2.75, 3.05) is 20.3 Å². The molecule has 0 radical (unpaired) electrons. The zero-order chi connectivity index (χ0) is 15.1. The summed E-state index contributed by atoms with van der Waals surface area (Å²) in [6.07, 6.45) is 0.00922. The number of ether oxygens (including phenoxy) is 3. The van der Waals surface area contributed by atoms with E-state index in [1.807, 2.05) is 20.8 Å². The highest BCUT2D eigenvalue weighted by molar-refractivity contribution is 6.00. The number of rotatable bonds is 8. The van der Waals surface area contributed by atoms with Gasteiger partial charge in [0.1, 0.15) is 0 Å². The second-order valence-corrected chi connectivity index (χ2v) is 4.82. The Morgan fingerprint density at radius 2 is 1.42 bits per heavy atom. The summed E-state index contributed by atoms with van der Waals surface area (Å²) in [6, 6.07) is 0. The van der Waals surface area contributed by atoms with Crippen molar-refractivity contribution in [3.05, 3.63) is 0 Å². The molecule has 5 heteroatoms. The lowest BCUT2D eigenvalue weighted by Gasteiger charge is -2.34. The molecular weight excluding hydrogens is 248 g/mol. The quantitative estimate of drug-likeness (QED) is 0.501. The predicted octanol–water partition coefficient (Wildman–Crippen LogP) is 2.18. The topological polar surface area (TPSA) is 61.8 Å². The molecule has 0 rings (SSSR count). The summed E-state index contributed by atoms with van der Waals surface area (Å²) in [7, 11) is 1.55. The minimum absolute atomic E-state index is 0.230. The van der Waals surface area contributed by atoms with Gasteiger partial charge in [-0.2, -0.15) is 0 Å². The Bertz CT molecular complexity index is 280. The number of hydrogen-bond donors (Lipinski definition) is 0. The molecule has 0 aromatic rings. The molecule has 0 heterocycles. The molecule has 0 amide bonds. The minimum Gasteiger partial charge on any atom is -0.465 e. The Morgan fingerprint density at radius 3 is 1.68 bits per heavy atom. The summed E-state index contributed by atoms with van der Waals surface area (Å²) in [4.78, 5) is 24.6. The van der Waals surface area contributed by atoms with Crippen molar-refractivity contribution in [3.8, 4) is 0 Å². The van der Waals surface area contributed by atoms with Gasteiger partial charge >= 0.3 is 11.9 Å². The highest BCUT2D eigenvalue weighted by Gasteiger charge is 2.52. The average Bonchev–Trinajstić information content (AvgIpc) is 2.35. The molecule has 5 nitrogen and oxygen atoms in total. The summed E-state index contributed by atoms with van der Waals surface area (Å²) >= 11 is 0. The molecule has 1 unspecified atom stereocenters. The van der Waals surface area contributed by atoms with Crippen LogP contribution in [0, 0.1) is 11.3 Å². The zero-order valence-electron chi connectivity index (χ0n) is 12.8. The van der Waals surface area contributed by atoms with Gasteiger partial charge in [0.05, 0.1) is 19.3 Å². The van der Waals surface area contributed by atoms with E-state index in [-0.39, 0.29) is 31.7 Å². The molecular formula is C14H26O5. The predicted molar refractivity (Wildman–Crippen MR) is 71.6 cm³/mol. The minimum atomic E-state index is -1.30. The molecule has 0 fully saturated rings. The Labute approximate surface area is 115 Å². The van der Waals surface area contributed by atoms with Crippen molar-refractivity contribution in [1.82, 2.24) is 0 Å². The first-order chi connectivity index (χ1) is 8.86. The molecule has 112 valence electrons. The Morgan fingerprint density at radius 1 is 1.00 bits per heavy atom. The largest absolute Gasteiger partial charge is 0.465 e. The zero-order valence-corrected chi connectivity index (χ0v) is 12.8. The third-order valence-corrected chi connectivity index (χ3v) is 3.28. The summed E-state index contributed by atoms with van der Waals surface area (Å²) in [5.74, 6) is -1.30. The number of hydrogen-bond acceptors (Lipinski definition) is 5. The second kappa shape index (κ2) is 8.15. The van der Waals surface area contributed by atoms with Crippen LogP contribution < -0.4 is 0 Å². The van der Waals surface area contributed by atoms with E-state index in [1.54, 1.807) is 21.0 Å². The van der Waals surface area contributed by atoms with Gasteiger partial charge in [0.2, 0.25) is 0 Å². The lowest BCUT2D eigenvalue weighted by Crippen LogP contribution is -2.48. The van der Waals surface area contributed by atoms with E-state index in [0.717, 1.165) is 0 Å². The maximum atomic E-state index is 12.3. The van der Waals surface area contributed by atoms with Crippen molar-refractivity contribution in [1.29, 1.82) is 0 Å². The van der Waals surface area contributed by atoms with Crippen LogP contribution in [0.1, 0.15) is 41.0 Å². The lowest BCUT2D eigenvalue weighted by atomic mass is 9.73. The van der Waals surface area contributed by atoms with Gasteiger partial charge in [0, 0.05) is 13.5 Å². The standard InChI is InChI=1S/C14H26O5/c1-7-18-12(15)14(10(3)4,9-11(5)17-6)13(16)19-8-2/h10-11H,7-9H2,1-6H3. The fraction of sp³-hybridized carbons (Fsp3) is 0.857. The van der Waals surface area contributed by atoms with Gasteiger partial charge in [-0.15, -0.1) is 0 Å². The Kier molecular flexibility index (Phi) is 7.68. The number of esters is 2. The van der Waals surface area contributed by atoms with Crippen LogP contribution in [0.2, 0.25) is 0 Å². The smallest absolute Gasteiger partial charge is 0.323 e. The molecule has 19 heavy (non-hydrogen) atoms. The molecule has 0 aliphatic rings. The summed E-state index contributed by atoms with van der Waals surface area (Å²) in [5, 5.41) is 0. The van der Waals surface area contributed by atoms with Gasteiger partial charge in [0.25, 0.3) is 0 Å². The number of carbonyl (C=O) groups is 2. The average molecular weight is 274 g/mol. The van der Waals surface area contributed by atoms with Gasteiger partial charge < -0.3 is 14.2 Å². The summed E-state index contributed by atoms with van der Waals surface area (Å²) in [6.45, 7) is 9.34. The molecule has 0 N–H and O–H groups in total. The van der Waals surface area contributed by atoms with Crippen LogP contribution in [-0.2, 0) is 23.8 Å². The van der Waals surface area contributed by atoms with E-state index < -0.39 is 17.4 Å². The van der Waals surface area contributed by atoms with E-state index in [2.05, 4.69) is 0 Å². The lowest BCUT2D eigenvalue weighted by molar-refractivity contribution is -0.179. The van der Waals surface area contributed by atoms with Crippen LogP contribution >= 0.6 is 0 Å². The molecule has 1 atom stereocenters. The maximum absolute atomic E-state index is 12.3. The van der Waals surface area contributed by atoms with E-state index in [0.29, 0.717) is 0 Å². The van der Waals surface area contributed by atoms with E-state index in [9.17, 15) is 9.59 Å². The molecule has 0 aromatic heterocycles. The van der Waals surface area contributed by atoms with Crippen LogP contribution in [0.25, 0.3) is 0 Å². The highest BCUT2D eigenvalue weighted by atomic mass is 16.6. The SMILES string of the molecule is CCOC(=O)C(CC(C)OC)(C(=O)OCC)C(C)C. The second-order valence-electron chi connectivity index (χ2n) is 4.82. The van der Waals surface area contributed by atoms with Crippen molar-refractivity contribution < 1.29 is 23.8 Å². The number of methoxy groups -OCH3 is 1. The van der Waals surface area contributed by atoms with Gasteiger partial charge in [-0.05, 0) is 26.7 Å². The monoisotopic (exact) mass is 274 g/mol. The highest BCUT2D eigenvalue weighted by Crippen LogP contribution is 2.36. The molecule has 0 aliphatic heterocycles. The molecule has 0 spiro atoms. The first-order valence-corrected chi connectivity index (χ1v) is 6.73. The van der Waals surface area contributed by atoms with Crippen LogP contribution in [0.3, 0.4) is 0 Å². The van der Waals surface area contributed by atoms with Crippen LogP contribution in [0.4, 0.5) is 0 Å². The third kappa shape index (κ3) is 4.20. The van der Waals surface area contributed by atoms with Gasteiger partial charge in [-0.3, -0.25) is 9.59 Å². The molecule has 0 aromatic carbocycles. The van der Waals surface area contributed by atoms with E-state index in [4.69, 9.17) is 14.2 Å². The molecule has 0 saturated carbocycles. The van der Waals surface area contributed by atoms with Crippen molar-refractivity contribution in [3.63, 3.8) is 0 Å². The van der Waals surface area contributed by atoms with Gasteiger partial charge in [0.15, 0.2) is 5.41 Å². The molecule has 0 bridgehead atoms.